The van der Waals surface area contributed by atoms with Crippen molar-refractivity contribution in [1.29, 1.82) is 0 Å². The van der Waals surface area contributed by atoms with E-state index >= 15 is 0 Å². The lowest BCUT2D eigenvalue weighted by Gasteiger charge is -2.26. The number of hydrogen-bond donors (Lipinski definition) is 0. The fraction of sp³-hybridized carbons (Fsp3) is 0. The van der Waals surface area contributed by atoms with Crippen LogP contribution in [0.3, 0.4) is 0 Å². The molecule has 2 aromatic heterocycles. The standard InChI is InChI=1S/C40H25NO2/c1-3-12-26(13-4-1)33-25-38-39(30-17-8-7-16-29(30)33)32-23-22-28(24-37(32)43-38)41(27-14-5-2-6-15-27)34-19-11-21-36-40(34)31-18-9-10-20-35(31)42-36/h1-25H. The van der Waals surface area contributed by atoms with Gasteiger partial charge in [-0.2, -0.15) is 0 Å². The fourth-order valence-electron chi connectivity index (χ4n) is 6.57. The molecule has 202 valence electrons. The van der Waals surface area contributed by atoms with Gasteiger partial charge in [-0.15, -0.1) is 0 Å². The predicted octanol–water partition coefficient (Wildman–Crippen LogP) is 11.8. The highest BCUT2D eigenvalue weighted by Crippen LogP contribution is 2.45. The average molecular weight is 552 g/mol. The van der Waals surface area contributed by atoms with Gasteiger partial charge in [0.05, 0.1) is 11.1 Å². The van der Waals surface area contributed by atoms with Crippen molar-refractivity contribution in [2.75, 3.05) is 4.90 Å². The fourth-order valence-corrected chi connectivity index (χ4v) is 6.57. The van der Waals surface area contributed by atoms with Crippen LogP contribution in [0.2, 0.25) is 0 Å². The molecule has 43 heavy (non-hydrogen) atoms. The van der Waals surface area contributed by atoms with Crippen molar-refractivity contribution in [2.24, 2.45) is 0 Å². The molecule has 3 nitrogen and oxygen atoms in total. The Balaban J connectivity index is 1.31. The van der Waals surface area contributed by atoms with Gasteiger partial charge in [-0.25, -0.2) is 0 Å². The lowest BCUT2D eigenvalue weighted by molar-refractivity contribution is 0.669. The maximum absolute atomic E-state index is 6.68. The summed E-state index contributed by atoms with van der Waals surface area (Å²) in [6.45, 7) is 0. The summed E-state index contributed by atoms with van der Waals surface area (Å²) >= 11 is 0. The molecule has 0 spiro atoms. The van der Waals surface area contributed by atoms with Gasteiger partial charge in [0.25, 0.3) is 0 Å². The quantitative estimate of drug-likeness (QED) is 0.218. The van der Waals surface area contributed by atoms with E-state index in [4.69, 9.17) is 8.83 Å². The first kappa shape index (κ1) is 23.9. The molecule has 0 atom stereocenters. The van der Waals surface area contributed by atoms with E-state index in [2.05, 4.69) is 132 Å². The minimum absolute atomic E-state index is 0.855. The molecular formula is C40H25NO2. The molecule has 7 aromatic carbocycles. The number of rotatable bonds is 4. The van der Waals surface area contributed by atoms with E-state index in [1.807, 2.05) is 24.3 Å². The Morgan fingerprint density at radius 2 is 1.02 bits per heavy atom. The van der Waals surface area contributed by atoms with E-state index in [9.17, 15) is 0 Å². The van der Waals surface area contributed by atoms with Crippen molar-refractivity contribution >= 4 is 71.7 Å². The molecule has 0 amide bonds. The summed E-state index contributed by atoms with van der Waals surface area (Å²) in [5.41, 5.74) is 8.98. The van der Waals surface area contributed by atoms with Gasteiger partial charge in [0.1, 0.15) is 22.3 Å². The molecule has 9 rings (SSSR count). The van der Waals surface area contributed by atoms with Gasteiger partial charge >= 0.3 is 0 Å². The normalized spacial score (nSPS) is 11.7. The summed E-state index contributed by atoms with van der Waals surface area (Å²) in [4.78, 5) is 2.30. The van der Waals surface area contributed by atoms with Crippen LogP contribution in [0.1, 0.15) is 0 Å². The third-order valence-electron chi connectivity index (χ3n) is 8.44. The maximum atomic E-state index is 6.68. The molecule has 0 N–H and O–H groups in total. The number of para-hydroxylation sites is 2. The molecule has 0 unspecified atom stereocenters. The van der Waals surface area contributed by atoms with Crippen LogP contribution in [0.4, 0.5) is 17.1 Å². The number of furan rings is 2. The molecular weight excluding hydrogens is 526 g/mol. The minimum atomic E-state index is 0.855. The molecule has 2 heterocycles. The highest BCUT2D eigenvalue weighted by atomic mass is 16.3. The van der Waals surface area contributed by atoms with Crippen LogP contribution in [0.25, 0.3) is 65.8 Å². The summed E-state index contributed by atoms with van der Waals surface area (Å²) in [5.74, 6) is 0. The van der Waals surface area contributed by atoms with Crippen molar-refractivity contribution < 1.29 is 8.83 Å². The zero-order valence-electron chi connectivity index (χ0n) is 23.2. The van der Waals surface area contributed by atoms with Crippen molar-refractivity contribution in [1.82, 2.24) is 0 Å². The molecule has 0 aliphatic carbocycles. The maximum Gasteiger partial charge on any atom is 0.137 e. The van der Waals surface area contributed by atoms with Gasteiger partial charge in [-0.1, -0.05) is 97.1 Å². The molecule has 0 aliphatic rings. The molecule has 0 bridgehead atoms. The largest absolute Gasteiger partial charge is 0.456 e. The zero-order valence-corrected chi connectivity index (χ0v) is 23.2. The number of benzene rings is 7. The summed E-state index contributed by atoms with van der Waals surface area (Å²) in [7, 11) is 0. The van der Waals surface area contributed by atoms with Crippen LogP contribution in [-0.2, 0) is 0 Å². The summed E-state index contributed by atoms with van der Waals surface area (Å²) in [6.07, 6.45) is 0. The van der Waals surface area contributed by atoms with Crippen LogP contribution in [-0.4, -0.2) is 0 Å². The Kier molecular flexibility index (Phi) is 5.20. The number of nitrogens with zero attached hydrogens (tertiary/aromatic N) is 1. The zero-order chi connectivity index (χ0) is 28.3. The molecule has 0 aliphatic heterocycles. The second kappa shape index (κ2) is 9.37. The Morgan fingerprint density at radius 1 is 0.372 bits per heavy atom. The van der Waals surface area contributed by atoms with Crippen molar-refractivity contribution in [2.45, 2.75) is 0 Å². The van der Waals surface area contributed by atoms with E-state index in [1.54, 1.807) is 0 Å². The van der Waals surface area contributed by atoms with Gasteiger partial charge in [0.2, 0.25) is 0 Å². The second-order valence-electron chi connectivity index (χ2n) is 10.9. The number of hydrogen-bond acceptors (Lipinski definition) is 3. The van der Waals surface area contributed by atoms with Crippen LogP contribution < -0.4 is 4.90 Å². The van der Waals surface area contributed by atoms with E-state index < -0.39 is 0 Å². The van der Waals surface area contributed by atoms with Crippen LogP contribution in [0, 0.1) is 0 Å². The molecule has 0 fully saturated rings. The van der Waals surface area contributed by atoms with Crippen molar-refractivity contribution in [3.05, 3.63) is 152 Å². The molecule has 0 radical (unpaired) electrons. The van der Waals surface area contributed by atoms with Gasteiger partial charge in [-0.05, 0) is 70.4 Å². The van der Waals surface area contributed by atoms with E-state index in [1.165, 1.54) is 21.9 Å². The minimum Gasteiger partial charge on any atom is -0.456 e. The summed E-state index contributed by atoms with van der Waals surface area (Å²) < 4.78 is 13.0. The summed E-state index contributed by atoms with van der Waals surface area (Å²) in [6, 6.07) is 52.9. The van der Waals surface area contributed by atoms with Crippen LogP contribution in [0.5, 0.6) is 0 Å². The smallest absolute Gasteiger partial charge is 0.137 e. The lowest BCUT2D eigenvalue weighted by Crippen LogP contribution is -2.10. The third kappa shape index (κ3) is 3.68. The van der Waals surface area contributed by atoms with Gasteiger partial charge in [0.15, 0.2) is 0 Å². The first-order valence-corrected chi connectivity index (χ1v) is 14.5. The highest BCUT2D eigenvalue weighted by molar-refractivity contribution is 6.22. The first-order chi connectivity index (χ1) is 21.3. The Morgan fingerprint density at radius 3 is 1.86 bits per heavy atom. The monoisotopic (exact) mass is 551 g/mol. The van der Waals surface area contributed by atoms with Gasteiger partial charge in [0, 0.05) is 33.6 Å². The molecule has 0 saturated heterocycles. The van der Waals surface area contributed by atoms with Gasteiger partial charge < -0.3 is 13.7 Å². The summed E-state index contributed by atoms with van der Waals surface area (Å²) in [5, 5.41) is 6.85. The van der Waals surface area contributed by atoms with E-state index in [0.29, 0.717) is 0 Å². The molecule has 3 heteroatoms. The Bertz CT molecular complexity index is 2450. The predicted molar refractivity (Wildman–Crippen MR) is 179 cm³/mol. The highest BCUT2D eigenvalue weighted by Gasteiger charge is 2.21. The molecule has 0 saturated carbocycles. The van der Waals surface area contributed by atoms with E-state index in [-0.39, 0.29) is 0 Å². The first-order valence-electron chi connectivity index (χ1n) is 14.5. The number of anilines is 3. The number of fused-ring (bicyclic) bond motifs is 8. The molecule has 9 aromatic rings. The van der Waals surface area contributed by atoms with E-state index in [0.717, 1.165) is 60.9 Å². The van der Waals surface area contributed by atoms with Gasteiger partial charge in [-0.3, -0.25) is 0 Å². The SMILES string of the molecule is c1ccc(-c2cc3oc4cc(N(c5ccccc5)c5cccc6oc7ccccc7c56)ccc4c3c3ccccc23)cc1. The van der Waals surface area contributed by atoms with Crippen molar-refractivity contribution in [3.63, 3.8) is 0 Å². The second-order valence-corrected chi connectivity index (χ2v) is 10.9. The van der Waals surface area contributed by atoms with Crippen LogP contribution in [0.15, 0.2) is 160 Å². The Labute approximate surface area is 247 Å². The average Bonchev–Trinajstić information content (AvgIpc) is 3.64. The van der Waals surface area contributed by atoms with Crippen molar-refractivity contribution in [3.8, 4) is 11.1 Å². The Hall–Kier alpha value is -5.80. The van der Waals surface area contributed by atoms with Crippen LogP contribution >= 0.6 is 0 Å². The third-order valence-corrected chi connectivity index (χ3v) is 8.44. The lowest BCUT2D eigenvalue weighted by atomic mass is 9.95. The topological polar surface area (TPSA) is 29.5 Å².